The van der Waals surface area contributed by atoms with Crippen LogP contribution in [-0.4, -0.2) is 28.1 Å². The fourth-order valence-corrected chi connectivity index (χ4v) is 3.73. The molecule has 1 aromatic heterocycles. The lowest BCUT2D eigenvalue weighted by molar-refractivity contribution is 0.127. The van der Waals surface area contributed by atoms with Crippen LogP contribution in [0.15, 0.2) is 22.7 Å². The van der Waals surface area contributed by atoms with Gasteiger partial charge in [-0.25, -0.2) is 4.39 Å². The molecule has 118 valence electrons. The van der Waals surface area contributed by atoms with Crippen LogP contribution in [0.2, 0.25) is 0 Å². The molecule has 0 aliphatic carbocycles. The summed E-state index contributed by atoms with van der Waals surface area (Å²) in [6.45, 7) is 6.67. The summed E-state index contributed by atoms with van der Waals surface area (Å²) >= 11 is 1.79. The Bertz CT molecular complexity index is 661. The van der Waals surface area contributed by atoms with E-state index in [4.69, 9.17) is 9.26 Å². The van der Waals surface area contributed by atoms with E-state index < -0.39 is 0 Å². The van der Waals surface area contributed by atoms with Gasteiger partial charge in [-0.15, -0.1) is 11.8 Å². The van der Waals surface area contributed by atoms with Crippen molar-refractivity contribution >= 4 is 11.8 Å². The van der Waals surface area contributed by atoms with Gasteiger partial charge in [0, 0.05) is 17.4 Å². The van der Waals surface area contributed by atoms with Crippen molar-refractivity contribution in [1.82, 2.24) is 10.1 Å². The van der Waals surface area contributed by atoms with Gasteiger partial charge in [0.25, 0.3) is 0 Å². The first-order valence-electron chi connectivity index (χ1n) is 7.42. The van der Waals surface area contributed by atoms with E-state index in [9.17, 15) is 4.39 Å². The number of rotatable bonds is 4. The Balaban J connectivity index is 1.73. The highest BCUT2D eigenvalue weighted by Gasteiger charge is 2.28. The maximum Gasteiger partial charge on any atom is 0.239 e. The van der Waals surface area contributed by atoms with E-state index in [1.807, 2.05) is 6.92 Å². The molecule has 3 unspecified atom stereocenters. The van der Waals surface area contributed by atoms with Crippen LogP contribution in [0.3, 0.4) is 0 Å². The molecule has 1 saturated heterocycles. The molecule has 2 heterocycles. The molecule has 4 nitrogen and oxygen atoms in total. The molecule has 2 aromatic rings. The first-order chi connectivity index (χ1) is 10.5. The Kier molecular flexibility index (Phi) is 4.49. The van der Waals surface area contributed by atoms with Gasteiger partial charge in [0.2, 0.25) is 11.7 Å². The minimum Gasteiger partial charge on any atom is -0.377 e. The fourth-order valence-electron chi connectivity index (χ4n) is 2.46. The Morgan fingerprint density at radius 2 is 2.23 bits per heavy atom. The number of ether oxygens (including phenoxy) is 1. The zero-order valence-corrected chi connectivity index (χ0v) is 13.7. The SMILES string of the molecule is Cc1ccc(-c2noc(C(C)SC3CCOC3C)n2)cc1F. The minimum absolute atomic E-state index is 0.0886. The number of benzene rings is 1. The maximum absolute atomic E-state index is 13.6. The third-order valence-electron chi connectivity index (χ3n) is 3.91. The highest BCUT2D eigenvalue weighted by Crippen LogP contribution is 2.37. The summed E-state index contributed by atoms with van der Waals surface area (Å²) in [5.41, 5.74) is 1.24. The molecule has 1 aliphatic rings. The largest absolute Gasteiger partial charge is 0.377 e. The molecular weight excluding hydrogens is 303 g/mol. The van der Waals surface area contributed by atoms with Gasteiger partial charge in [0.05, 0.1) is 11.4 Å². The van der Waals surface area contributed by atoms with Crippen molar-refractivity contribution in [3.8, 4) is 11.4 Å². The molecule has 0 bridgehead atoms. The molecule has 0 radical (unpaired) electrons. The van der Waals surface area contributed by atoms with Gasteiger partial charge < -0.3 is 9.26 Å². The molecular formula is C16H19FN2O2S. The maximum atomic E-state index is 13.6. The first-order valence-corrected chi connectivity index (χ1v) is 8.36. The summed E-state index contributed by atoms with van der Waals surface area (Å²) in [5, 5.41) is 4.51. The quantitative estimate of drug-likeness (QED) is 0.846. The molecule has 6 heteroatoms. The second kappa shape index (κ2) is 6.38. The lowest BCUT2D eigenvalue weighted by Crippen LogP contribution is -2.14. The Morgan fingerprint density at radius 1 is 1.41 bits per heavy atom. The summed E-state index contributed by atoms with van der Waals surface area (Å²) < 4.78 is 24.6. The smallest absolute Gasteiger partial charge is 0.239 e. The van der Waals surface area contributed by atoms with E-state index in [0.29, 0.717) is 28.1 Å². The van der Waals surface area contributed by atoms with Crippen molar-refractivity contribution in [1.29, 1.82) is 0 Å². The Labute approximate surface area is 133 Å². The number of halogens is 1. The summed E-state index contributed by atoms with van der Waals surface area (Å²) in [7, 11) is 0. The van der Waals surface area contributed by atoms with Crippen LogP contribution >= 0.6 is 11.8 Å². The van der Waals surface area contributed by atoms with Crippen LogP contribution in [0, 0.1) is 12.7 Å². The normalized spacial score (nSPS) is 22.9. The van der Waals surface area contributed by atoms with Gasteiger partial charge in [-0.1, -0.05) is 17.3 Å². The summed E-state index contributed by atoms with van der Waals surface area (Å²) in [6.07, 6.45) is 1.29. The van der Waals surface area contributed by atoms with Gasteiger partial charge in [-0.3, -0.25) is 0 Å². The molecule has 1 aromatic carbocycles. The van der Waals surface area contributed by atoms with E-state index in [2.05, 4.69) is 17.1 Å². The molecule has 1 aliphatic heterocycles. The highest BCUT2D eigenvalue weighted by atomic mass is 32.2. The number of aromatic nitrogens is 2. The van der Waals surface area contributed by atoms with E-state index in [1.165, 1.54) is 6.07 Å². The minimum atomic E-state index is -0.261. The summed E-state index contributed by atoms with van der Waals surface area (Å²) in [5.74, 6) is 0.736. The summed E-state index contributed by atoms with van der Waals surface area (Å²) in [6, 6.07) is 4.96. The Morgan fingerprint density at radius 3 is 2.91 bits per heavy atom. The number of hydrogen-bond acceptors (Lipinski definition) is 5. The van der Waals surface area contributed by atoms with Crippen LogP contribution in [0.25, 0.3) is 11.4 Å². The number of hydrogen-bond donors (Lipinski definition) is 0. The van der Waals surface area contributed by atoms with E-state index >= 15 is 0 Å². The molecule has 3 rings (SSSR count). The standard InChI is InChI=1S/C16H19FN2O2S/c1-9-4-5-12(8-13(9)17)15-18-16(21-19-15)11(3)22-14-6-7-20-10(14)2/h4-5,8,10-11,14H,6-7H2,1-3H3. The molecule has 0 spiro atoms. The van der Waals surface area contributed by atoms with Crippen LogP contribution in [0.1, 0.15) is 37.0 Å². The van der Waals surface area contributed by atoms with Crippen molar-refractivity contribution < 1.29 is 13.7 Å². The number of thioether (sulfide) groups is 1. The second-order valence-electron chi connectivity index (χ2n) is 5.60. The highest BCUT2D eigenvalue weighted by molar-refractivity contribution is 8.00. The second-order valence-corrected chi connectivity index (χ2v) is 7.19. The number of nitrogens with zero attached hydrogens (tertiary/aromatic N) is 2. The lowest BCUT2D eigenvalue weighted by Gasteiger charge is -2.16. The lowest BCUT2D eigenvalue weighted by atomic mass is 10.1. The van der Waals surface area contributed by atoms with Crippen molar-refractivity contribution in [3.63, 3.8) is 0 Å². The summed E-state index contributed by atoms with van der Waals surface area (Å²) in [4.78, 5) is 4.41. The monoisotopic (exact) mass is 322 g/mol. The van der Waals surface area contributed by atoms with Crippen LogP contribution in [0.4, 0.5) is 4.39 Å². The number of aryl methyl sites for hydroxylation is 1. The molecule has 0 saturated carbocycles. The van der Waals surface area contributed by atoms with Crippen molar-refractivity contribution in [2.75, 3.05) is 6.61 Å². The van der Waals surface area contributed by atoms with Crippen LogP contribution in [-0.2, 0) is 4.74 Å². The van der Waals surface area contributed by atoms with E-state index in [-0.39, 0.29) is 17.2 Å². The van der Waals surface area contributed by atoms with Gasteiger partial charge in [-0.05, 0) is 38.8 Å². The van der Waals surface area contributed by atoms with E-state index in [0.717, 1.165) is 13.0 Å². The average Bonchev–Trinajstić information content (AvgIpc) is 3.12. The molecule has 1 fully saturated rings. The zero-order chi connectivity index (χ0) is 15.7. The van der Waals surface area contributed by atoms with Crippen LogP contribution < -0.4 is 0 Å². The zero-order valence-electron chi connectivity index (χ0n) is 12.9. The predicted molar refractivity (Wildman–Crippen MR) is 84.3 cm³/mol. The third kappa shape index (κ3) is 3.17. The van der Waals surface area contributed by atoms with Gasteiger partial charge in [0.15, 0.2) is 0 Å². The fraction of sp³-hybridized carbons (Fsp3) is 0.500. The molecule has 0 amide bonds. The van der Waals surface area contributed by atoms with Crippen molar-refractivity contribution in [2.24, 2.45) is 0 Å². The Hall–Kier alpha value is -1.40. The predicted octanol–water partition coefficient (Wildman–Crippen LogP) is 4.16. The molecule has 22 heavy (non-hydrogen) atoms. The van der Waals surface area contributed by atoms with Crippen molar-refractivity contribution in [2.45, 2.75) is 43.8 Å². The topological polar surface area (TPSA) is 48.2 Å². The van der Waals surface area contributed by atoms with Crippen molar-refractivity contribution in [3.05, 3.63) is 35.5 Å². The first kappa shape index (κ1) is 15.5. The molecule has 0 N–H and O–H groups in total. The van der Waals surface area contributed by atoms with Gasteiger partial charge in [-0.2, -0.15) is 4.98 Å². The van der Waals surface area contributed by atoms with Crippen LogP contribution in [0.5, 0.6) is 0 Å². The van der Waals surface area contributed by atoms with Gasteiger partial charge >= 0.3 is 0 Å². The third-order valence-corrected chi connectivity index (χ3v) is 5.48. The molecule has 3 atom stereocenters. The van der Waals surface area contributed by atoms with E-state index in [1.54, 1.807) is 30.8 Å². The average molecular weight is 322 g/mol. The van der Waals surface area contributed by atoms with Gasteiger partial charge in [0.1, 0.15) is 5.82 Å².